The van der Waals surface area contributed by atoms with Crippen molar-refractivity contribution in [1.29, 1.82) is 0 Å². The lowest BCUT2D eigenvalue weighted by atomic mass is 10.2. The summed E-state index contributed by atoms with van der Waals surface area (Å²) in [5.74, 6) is 0. The standard InChI is InChI=1S/C27H38OSi2/c1-22(2)30(23(3)4,24(5)6)20-19-29(8,26-17-13-10-14-18-26)27(28-7)21-25-15-11-9-12-16-25/h9-18,21-24H,1-8H3/b27-21+. The molecule has 0 bridgehead atoms. The fourth-order valence-corrected chi connectivity index (χ4v) is 13.8. The summed E-state index contributed by atoms with van der Waals surface area (Å²) in [6, 6.07) is 21.2. The van der Waals surface area contributed by atoms with Crippen molar-refractivity contribution in [2.24, 2.45) is 0 Å². The van der Waals surface area contributed by atoms with Gasteiger partial charge in [-0.15, -0.1) is 11.1 Å². The second kappa shape index (κ2) is 10.3. The first-order valence-electron chi connectivity index (χ1n) is 11.1. The van der Waals surface area contributed by atoms with E-state index < -0.39 is 16.1 Å². The van der Waals surface area contributed by atoms with Crippen molar-refractivity contribution in [3.8, 4) is 11.1 Å². The molecule has 2 aromatic carbocycles. The average Bonchev–Trinajstić information content (AvgIpc) is 2.72. The molecule has 0 aliphatic rings. The first-order valence-corrected chi connectivity index (χ1v) is 15.8. The van der Waals surface area contributed by atoms with Crippen molar-refractivity contribution >= 4 is 27.4 Å². The van der Waals surface area contributed by atoms with E-state index in [9.17, 15) is 0 Å². The molecule has 1 atom stereocenters. The van der Waals surface area contributed by atoms with E-state index in [0.29, 0.717) is 16.6 Å². The van der Waals surface area contributed by atoms with Gasteiger partial charge < -0.3 is 4.74 Å². The Hall–Kier alpha value is -2.03. The highest BCUT2D eigenvalue weighted by Gasteiger charge is 2.43. The van der Waals surface area contributed by atoms with Gasteiger partial charge in [-0.25, -0.2) is 0 Å². The van der Waals surface area contributed by atoms with E-state index >= 15 is 0 Å². The van der Waals surface area contributed by atoms with Crippen LogP contribution in [0.5, 0.6) is 0 Å². The quantitative estimate of drug-likeness (QED) is 0.260. The van der Waals surface area contributed by atoms with Crippen molar-refractivity contribution in [2.45, 2.75) is 64.7 Å². The van der Waals surface area contributed by atoms with Gasteiger partial charge in [0.2, 0.25) is 8.07 Å². The van der Waals surface area contributed by atoms with Crippen LogP contribution in [0.1, 0.15) is 47.1 Å². The van der Waals surface area contributed by atoms with Gasteiger partial charge in [0.1, 0.15) is 8.07 Å². The third-order valence-electron chi connectivity index (χ3n) is 6.56. The molecule has 30 heavy (non-hydrogen) atoms. The third-order valence-corrected chi connectivity index (χ3v) is 16.5. The fraction of sp³-hybridized carbons (Fsp3) is 0.407. The molecular formula is C27H38OSi2. The highest BCUT2D eigenvalue weighted by atomic mass is 28.3. The van der Waals surface area contributed by atoms with Crippen molar-refractivity contribution in [1.82, 2.24) is 0 Å². The molecule has 0 saturated heterocycles. The summed E-state index contributed by atoms with van der Waals surface area (Å²) in [5.41, 5.74) is 10.9. The third kappa shape index (κ3) is 4.99. The van der Waals surface area contributed by atoms with Crippen LogP contribution in [-0.4, -0.2) is 23.3 Å². The molecule has 3 heteroatoms. The molecule has 0 spiro atoms. The monoisotopic (exact) mass is 434 g/mol. The maximum Gasteiger partial charge on any atom is 0.236 e. The zero-order valence-electron chi connectivity index (χ0n) is 20.0. The molecule has 0 aromatic heterocycles. The van der Waals surface area contributed by atoms with E-state index in [1.165, 1.54) is 5.19 Å². The lowest BCUT2D eigenvalue weighted by Gasteiger charge is -2.38. The zero-order valence-corrected chi connectivity index (χ0v) is 22.0. The molecule has 0 fully saturated rings. The number of methoxy groups -OCH3 is 1. The second-order valence-corrected chi connectivity index (χ2v) is 18.4. The maximum absolute atomic E-state index is 6.06. The van der Waals surface area contributed by atoms with Crippen LogP contribution >= 0.6 is 0 Å². The number of ether oxygens (including phenoxy) is 1. The summed E-state index contributed by atoms with van der Waals surface area (Å²) >= 11 is 0. The van der Waals surface area contributed by atoms with Crippen LogP contribution in [0.15, 0.2) is 66.0 Å². The largest absolute Gasteiger partial charge is 0.505 e. The van der Waals surface area contributed by atoms with E-state index in [4.69, 9.17) is 4.74 Å². The van der Waals surface area contributed by atoms with Crippen LogP contribution in [0.3, 0.4) is 0 Å². The number of benzene rings is 2. The van der Waals surface area contributed by atoms with Crippen LogP contribution in [0.2, 0.25) is 23.2 Å². The molecule has 1 nitrogen and oxygen atoms in total. The van der Waals surface area contributed by atoms with E-state index in [-0.39, 0.29) is 0 Å². The SMILES string of the molecule is CO/C(=C\c1ccccc1)[Si](C)(C#C[Si](C(C)C)(C(C)C)C(C)C)c1ccccc1. The molecule has 2 rings (SSSR count). The smallest absolute Gasteiger partial charge is 0.236 e. The predicted molar refractivity (Wildman–Crippen MR) is 138 cm³/mol. The maximum atomic E-state index is 6.06. The van der Waals surface area contributed by atoms with Gasteiger partial charge >= 0.3 is 0 Å². The molecule has 0 heterocycles. The number of rotatable bonds is 7. The summed E-state index contributed by atoms with van der Waals surface area (Å²) in [6.07, 6.45) is 2.19. The van der Waals surface area contributed by atoms with Crippen molar-refractivity contribution in [3.63, 3.8) is 0 Å². The van der Waals surface area contributed by atoms with Crippen molar-refractivity contribution < 1.29 is 4.74 Å². The van der Waals surface area contributed by atoms with Gasteiger partial charge in [-0.05, 0) is 40.0 Å². The van der Waals surface area contributed by atoms with Crippen LogP contribution in [0.25, 0.3) is 6.08 Å². The van der Waals surface area contributed by atoms with Crippen LogP contribution in [0, 0.1) is 11.1 Å². The Morgan fingerprint density at radius 1 is 0.767 bits per heavy atom. The molecule has 0 N–H and O–H groups in total. The van der Waals surface area contributed by atoms with Crippen LogP contribution < -0.4 is 5.19 Å². The molecule has 160 valence electrons. The molecule has 0 amide bonds. The van der Waals surface area contributed by atoms with Gasteiger partial charge in [-0.1, -0.05) is 102 Å². The first kappa shape index (κ1) is 24.2. The van der Waals surface area contributed by atoms with Gasteiger partial charge in [-0.2, -0.15) is 0 Å². The van der Waals surface area contributed by atoms with Gasteiger partial charge in [0, 0.05) is 0 Å². The molecule has 2 aromatic rings. The Morgan fingerprint density at radius 2 is 1.23 bits per heavy atom. The van der Waals surface area contributed by atoms with Crippen LogP contribution in [0.4, 0.5) is 0 Å². The summed E-state index contributed by atoms with van der Waals surface area (Å²) in [7, 11) is -2.41. The average molecular weight is 435 g/mol. The summed E-state index contributed by atoms with van der Waals surface area (Å²) in [4.78, 5) is 0. The van der Waals surface area contributed by atoms with E-state index in [0.717, 1.165) is 10.9 Å². The van der Waals surface area contributed by atoms with E-state index in [1.807, 2.05) is 6.07 Å². The summed E-state index contributed by atoms with van der Waals surface area (Å²) < 4.78 is 6.06. The molecule has 0 saturated carbocycles. The number of hydrogen-bond acceptors (Lipinski definition) is 1. The van der Waals surface area contributed by atoms with E-state index in [2.05, 4.69) is 120 Å². The Balaban J connectivity index is 2.74. The Bertz CT molecular complexity index is 867. The van der Waals surface area contributed by atoms with Gasteiger partial charge in [0.05, 0.1) is 12.5 Å². The fourth-order valence-electron chi connectivity index (χ4n) is 4.82. The van der Waals surface area contributed by atoms with Crippen LogP contribution in [-0.2, 0) is 4.74 Å². The lowest BCUT2D eigenvalue weighted by Crippen LogP contribution is -2.49. The highest BCUT2D eigenvalue weighted by Crippen LogP contribution is 2.41. The van der Waals surface area contributed by atoms with E-state index in [1.54, 1.807) is 7.11 Å². The molecule has 1 unspecified atom stereocenters. The van der Waals surface area contributed by atoms with Crippen molar-refractivity contribution in [3.05, 3.63) is 71.6 Å². The minimum atomic E-state index is -2.37. The molecule has 0 aliphatic carbocycles. The molecular weight excluding hydrogens is 396 g/mol. The second-order valence-electron chi connectivity index (χ2n) is 9.26. The first-order chi connectivity index (χ1) is 14.2. The van der Waals surface area contributed by atoms with Gasteiger partial charge in [-0.3, -0.25) is 0 Å². The zero-order chi connectivity index (χ0) is 22.4. The topological polar surface area (TPSA) is 9.23 Å². The predicted octanol–water partition coefficient (Wildman–Crippen LogP) is 6.96. The minimum Gasteiger partial charge on any atom is -0.505 e. The highest BCUT2D eigenvalue weighted by molar-refractivity contribution is 7.04. The van der Waals surface area contributed by atoms with Gasteiger partial charge in [0.25, 0.3) is 0 Å². The Labute approximate surface area is 186 Å². The Morgan fingerprint density at radius 3 is 1.67 bits per heavy atom. The summed E-state index contributed by atoms with van der Waals surface area (Å²) in [6.45, 7) is 16.6. The Kier molecular flexibility index (Phi) is 8.35. The lowest BCUT2D eigenvalue weighted by molar-refractivity contribution is 0.321. The minimum absolute atomic E-state index is 0.614. The molecule has 0 radical (unpaired) electrons. The molecule has 0 aliphatic heterocycles. The van der Waals surface area contributed by atoms with Gasteiger partial charge in [0.15, 0.2) is 0 Å². The van der Waals surface area contributed by atoms with Crippen molar-refractivity contribution in [2.75, 3.05) is 7.11 Å². The normalized spacial score (nSPS) is 14.4. The summed E-state index contributed by atoms with van der Waals surface area (Å²) in [5, 5.41) is 2.33. The number of hydrogen-bond donors (Lipinski definition) is 0.